The lowest BCUT2D eigenvalue weighted by atomic mass is 9.63. The molecule has 0 radical (unpaired) electrons. The summed E-state index contributed by atoms with van der Waals surface area (Å²) in [5.41, 5.74) is 0.418. The Kier molecular flexibility index (Phi) is 4.19. The van der Waals surface area contributed by atoms with E-state index < -0.39 is 0 Å². The average Bonchev–Trinajstić information content (AvgIpc) is 3.14. The summed E-state index contributed by atoms with van der Waals surface area (Å²) in [6.07, 6.45) is 11.5. The maximum Gasteiger partial charge on any atom is 0.0950 e. The third kappa shape index (κ3) is 2.71. The Bertz CT molecular complexity index is 298. The van der Waals surface area contributed by atoms with Crippen LogP contribution >= 0.6 is 0 Å². The largest absolute Gasteiger partial charge is 0.379 e. The van der Waals surface area contributed by atoms with E-state index in [4.69, 9.17) is 9.47 Å². The Morgan fingerprint density at radius 3 is 2.79 bits per heavy atom. The smallest absolute Gasteiger partial charge is 0.0950 e. The van der Waals surface area contributed by atoms with Gasteiger partial charge in [-0.3, -0.25) is 0 Å². The van der Waals surface area contributed by atoms with Crippen molar-refractivity contribution in [2.45, 2.75) is 76.9 Å². The van der Waals surface area contributed by atoms with Crippen LogP contribution in [0.2, 0.25) is 0 Å². The normalized spacial score (nSPS) is 41.1. The second-order valence-electron chi connectivity index (χ2n) is 6.94. The van der Waals surface area contributed by atoms with E-state index >= 15 is 0 Å². The number of epoxide rings is 1. The molecule has 0 aromatic rings. The van der Waals surface area contributed by atoms with Crippen molar-refractivity contribution in [2.24, 2.45) is 17.8 Å². The molecule has 19 heavy (non-hydrogen) atoms. The molecule has 0 N–H and O–H groups in total. The van der Waals surface area contributed by atoms with Gasteiger partial charge in [-0.2, -0.15) is 0 Å². The molecular formula is C17H30O2. The first-order chi connectivity index (χ1) is 9.29. The van der Waals surface area contributed by atoms with Crippen molar-refractivity contribution in [3.63, 3.8) is 0 Å². The van der Waals surface area contributed by atoms with E-state index in [1.165, 1.54) is 51.4 Å². The Morgan fingerprint density at radius 2 is 2.11 bits per heavy atom. The summed E-state index contributed by atoms with van der Waals surface area (Å²) in [7, 11) is 0. The lowest BCUT2D eigenvalue weighted by Gasteiger charge is -2.41. The molecule has 3 aliphatic rings. The van der Waals surface area contributed by atoms with Crippen molar-refractivity contribution in [1.82, 2.24) is 0 Å². The Balaban J connectivity index is 1.31. The summed E-state index contributed by atoms with van der Waals surface area (Å²) in [5.74, 6) is 2.99. The summed E-state index contributed by atoms with van der Waals surface area (Å²) in [6, 6.07) is 0. The molecule has 2 heteroatoms. The van der Waals surface area contributed by atoms with Gasteiger partial charge in [0.2, 0.25) is 0 Å². The van der Waals surface area contributed by atoms with Gasteiger partial charge in [-0.25, -0.2) is 0 Å². The predicted octanol–water partition coefficient (Wildman–Crippen LogP) is 4.18. The highest BCUT2D eigenvalue weighted by atomic mass is 16.6. The van der Waals surface area contributed by atoms with Gasteiger partial charge in [0, 0.05) is 6.61 Å². The Labute approximate surface area is 118 Å². The highest BCUT2D eigenvalue weighted by Crippen LogP contribution is 2.64. The molecule has 5 unspecified atom stereocenters. The van der Waals surface area contributed by atoms with Crippen molar-refractivity contribution in [2.75, 3.05) is 13.2 Å². The summed E-state index contributed by atoms with van der Waals surface area (Å²) in [6.45, 7) is 6.29. The molecule has 5 atom stereocenters. The molecule has 2 saturated carbocycles. The molecule has 0 aromatic heterocycles. The minimum absolute atomic E-state index is 0.418. The van der Waals surface area contributed by atoms with Crippen LogP contribution in [-0.4, -0.2) is 24.9 Å². The Morgan fingerprint density at radius 1 is 1.26 bits per heavy atom. The predicted molar refractivity (Wildman–Crippen MR) is 77.2 cm³/mol. The van der Waals surface area contributed by atoms with Gasteiger partial charge in [-0.1, -0.05) is 26.2 Å². The summed E-state index contributed by atoms with van der Waals surface area (Å²) in [5, 5.41) is 0. The highest BCUT2D eigenvalue weighted by molar-refractivity contribution is 5.14. The minimum atomic E-state index is 0.418. The van der Waals surface area contributed by atoms with Crippen LogP contribution < -0.4 is 0 Å². The molecule has 2 nitrogen and oxygen atoms in total. The Hall–Kier alpha value is -0.0800. The van der Waals surface area contributed by atoms with E-state index in [-0.39, 0.29) is 0 Å². The van der Waals surface area contributed by atoms with Crippen LogP contribution in [0.15, 0.2) is 0 Å². The molecule has 2 aliphatic carbocycles. The number of unbranched alkanes of at least 4 members (excludes halogenated alkanes) is 1. The SMILES string of the molecule is CCOC(CC)CCCCC1CCC2C1CC21CO1. The molecule has 3 fully saturated rings. The van der Waals surface area contributed by atoms with Crippen LogP contribution in [0.1, 0.15) is 65.2 Å². The maximum atomic E-state index is 5.73. The third-order valence-corrected chi connectivity index (χ3v) is 5.95. The molecule has 110 valence electrons. The minimum Gasteiger partial charge on any atom is -0.379 e. The fraction of sp³-hybridized carbons (Fsp3) is 1.00. The highest BCUT2D eigenvalue weighted by Gasteiger charge is 2.66. The van der Waals surface area contributed by atoms with E-state index in [2.05, 4.69) is 13.8 Å². The molecule has 1 spiro atoms. The van der Waals surface area contributed by atoms with Gasteiger partial charge >= 0.3 is 0 Å². The van der Waals surface area contributed by atoms with Crippen LogP contribution in [0, 0.1) is 17.8 Å². The zero-order chi connectivity index (χ0) is 13.3. The quantitative estimate of drug-likeness (QED) is 0.485. The third-order valence-electron chi connectivity index (χ3n) is 5.95. The second kappa shape index (κ2) is 5.73. The fourth-order valence-electron chi connectivity index (χ4n) is 4.70. The van der Waals surface area contributed by atoms with E-state index in [0.29, 0.717) is 11.7 Å². The molecule has 1 saturated heterocycles. The van der Waals surface area contributed by atoms with Crippen LogP contribution in [0.5, 0.6) is 0 Å². The monoisotopic (exact) mass is 266 g/mol. The van der Waals surface area contributed by atoms with Gasteiger partial charge in [0.05, 0.1) is 18.3 Å². The van der Waals surface area contributed by atoms with Crippen molar-refractivity contribution in [3.05, 3.63) is 0 Å². The van der Waals surface area contributed by atoms with Crippen molar-refractivity contribution in [3.8, 4) is 0 Å². The van der Waals surface area contributed by atoms with Gasteiger partial charge in [-0.15, -0.1) is 0 Å². The molecule has 0 amide bonds. The van der Waals surface area contributed by atoms with Gasteiger partial charge in [0.15, 0.2) is 0 Å². The molecule has 1 aliphatic heterocycles. The van der Waals surface area contributed by atoms with E-state index in [9.17, 15) is 0 Å². The molecule has 0 aromatic carbocycles. The number of fused-ring (bicyclic) bond motifs is 2. The van der Waals surface area contributed by atoms with E-state index in [1.54, 1.807) is 0 Å². The van der Waals surface area contributed by atoms with E-state index in [0.717, 1.165) is 31.0 Å². The summed E-state index contributed by atoms with van der Waals surface area (Å²) < 4.78 is 11.4. The van der Waals surface area contributed by atoms with Crippen LogP contribution in [0.25, 0.3) is 0 Å². The van der Waals surface area contributed by atoms with Crippen LogP contribution in [0.3, 0.4) is 0 Å². The lowest BCUT2D eigenvalue weighted by molar-refractivity contribution is 0.0293. The topological polar surface area (TPSA) is 21.8 Å². The first-order valence-electron chi connectivity index (χ1n) is 8.54. The maximum absolute atomic E-state index is 5.73. The van der Waals surface area contributed by atoms with Gasteiger partial charge in [-0.05, 0) is 56.8 Å². The van der Waals surface area contributed by atoms with Crippen molar-refractivity contribution in [1.29, 1.82) is 0 Å². The molecule has 3 rings (SSSR count). The van der Waals surface area contributed by atoms with Crippen molar-refractivity contribution >= 4 is 0 Å². The first kappa shape index (κ1) is 13.9. The van der Waals surface area contributed by atoms with E-state index in [1.807, 2.05) is 0 Å². The standard InChI is InChI=1S/C17H30O2/c1-3-14(18-4-2)8-6-5-7-13-9-10-16-15(13)11-17(16)12-19-17/h13-16H,3-12H2,1-2H3. The molecule has 0 bridgehead atoms. The van der Waals surface area contributed by atoms with Gasteiger partial charge in [0.25, 0.3) is 0 Å². The lowest BCUT2D eigenvalue weighted by Crippen LogP contribution is -2.43. The second-order valence-corrected chi connectivity index (χ2v) is 6.94. The summed E-state index contributed by atoms with van der Waals surface area (Å²) in [4.78, 5) is 0. The average molecular weight is 266 g/mol. The first-order valence-corrected chi connectivity index (χ1v) is 8.54. The van der Waals surface area contributed by atoms with Gasteiger partial charge in [0.1, 0.15) is 0 Å². The fourth-order valence-corrected chi connectivity index (χ4v) is 4.70. The molecular weight excluding hydrogens is 236 g/mol. The van der Waals surface area contributed by atoms with Crippen LogP contribution in [-0.2, 0) is 9.47 Å². The van der Waals surface area contributed by atoms with Gasteiger partial charge < -0.3 is 9.47 Å². The number of hydrogen-bond acceptors (Lipinski definition) is 2. The number of ether oxygens (including phenoxy) is 2. The summed E-state index contributed by atoms with van der Waals surface area (Å²) >= 11 is 0. The van der Waals surface area contributed by atoms with Crippen molar-refractivity contribution < 1.29 is 9.47 Å². The zero-order valence-electron chi connectivity index (χ0n) is 12.7. The molecule has 1 heterocycles. The van der Waals surface area contributed by atoms with Crippen LogP contribution in [0.4, 0.5) is 0 Å². The number of hydrogen-bond donors (Lipinski definition) is 0. The zero-order valence-corrected chi connectivity index (χ0v) is 12.7. The number of rotatable bonds is 8.